The summed E-state index contributed by atoms with van der Waals surface area (Å²) in [7, 11) is 0. The van der Waals surface area contributed by atoms with Crippen LogP contribution in [0.5, 0.6) is 0 Å². The quantitative estimate of drug-likeness (QED) is 0.781. The molecule has 3 aromatic heterocycles. The molecule has 0 aliphatic carbocycles. The first-order chi connectivity index (χ1) is 11.2. The standard InChI is InChI=1S/C18H20N4O.CH4/c1-12-3-7-19-13(2)17(12)21-18-15-5-9-22(11-14-6-10-23-14)16(15)4-8-20-18;/h3-5,7-9,14H,6,10-11H2,1-2H3,(H,20,21);1H4/t14-;/m1./s1. The van der Waals surface area contributed by atoms with Gasteiger partial charge in [-0.2, -0.15) is 0 Å². The van der Waals surface area contributed by atoms with E-state index in [4.69, 9.17) is 4.74 Å². The number of nitrogens with one attached hydrogen (secondary N) is 1. The van der Waals surface area contributed by atoms with E-state index in [0.29, 0.717) is 6.10 Å². The second kappa shape index (κ2) is 6.61. The summed E-state index contributed by atoms with van der Waals surface area (Å²) in [5.41, 5.74) is 4.35. The first-order valence-electron chi connectivity index (χ1n) is 7.97. The third-order valence-corrected chi connectivity index (χ3v) is 4.48. The lowest BCUT2D eigenvalue weighted by Crippen LogP contribution is -2.30. The van der Waals surface area contributed by atoms with Gasteiger partial charge in [0.05, 0.1) is 23.0 Å². The number of ether oxygens (including phenoxy) is 1. The van der Waals surface area contributed by atoms with Gasteiger partial charge in [-0.25, -0.2) is 4.98 Å². The Labute approximate surface area is 142 Å². The molecule has 1 aliphatic rings. The summed E-state index contributed by atoms with van der Waals surface area (Å²) < 4.78 is 7.79. The topological polar surface area (TPSA) is 52.0 Å². The molecule has 1 N–H and O–H groups in total. The molecular weight excluding hydrogens is 300 g/mol. The van der Waals surface area contributed by atoms with Crippen LogP contribution in [0.2, 0.25) is 0 Å². The molecule has 0 amide bonds. The highest BCUT2D eigenvalue weighted by atomic mass is 16.5. The highest BCUT2D eigenvalue weighted by molar-refractivity contribution is 5.92. The van der Waals surface area contributed by atoms with E-state index in [1.165, 1.54) is 11.1 Å². The normalized spacial score (nSPS) is 16.5. The second-order valence-corrected chi connectivity index (χ2v) is 6.06. The molecule has 0 saturated carbocycles. The van der Waals surface area contributed by atoms with E-state index in [9.17, 15) is 0 Å². The highest BCUT2D eigenvalue weighted by Crippen LogP contribution is 2.28. The maximum Gasteiger partial charge on any atom is 0.139 e. The molecule has 0 bridgehead atoms. The van der Waals surface area contributed by atoms with E-state index in [0.717, 1.165) is 42.2 Å². The molecule has 1 atom stereocenters. The third-order valence-electron chi connectivity index (χ3n) is 4.48. The summed E-state index contributed by atoms with van der Waals surface area (Å²) in [6, 6.07) is 6.18. The van der Waals surface area contributed by atoms with Crippen molar-refractivity contribution >= 4 is 22.4 Å². The first kappa shape index (κ1) is 16.5. The van der Waals surface area contributed by atoms with E-state index < -0.39 is 0 Å². The minimum atomic E-state index is 0. The van der Waals surface area contributed by atoms with Gasteiger partial charge in [-0.15, -0.1) is 0 Å². The van der Waals surface area contributed by atoms with Gasteiger partial charge in [0.15, 0.2) is 0 Å². The predicted molar refractivity (Wildman–Crippen MR) is 97.8 cm³/mol. The molecule has 24 heavy (non-hydrogen) atoms. The molecule has 1 aliphatic heterocycles. The van der Waals surface area contributed by atoms with E-state index in [-0.39, 0.29) is 7.43 Å². The Balaban J connectivity index is 0.00000169. The Bertz CT molecular complexity index is 831. The molecule has 0 aromatic carbocycles. The van der Waals surface area contributed by atoms with Crippen LogP contribution in [0.25, 0.3) is 10.9 Å². The number of hydrogen-bond acceptors (Lipinski definition) is 4. The molecule has 1 fully saturated rings. The molecule has 126 valence electrons. The lowest BCUT2D eigenvalue weighted by Gasteiger charge is -2.27. The van der Waals surface area contributed by atoms with E-state index in [1.807, 2.05) is 25.4 Å². The molecule has 0 spiro atoms. The van der Waals surface area contributed by atoms with Gasteiger partial charge in [-0.1, -0.05) is 7.43 Å². The Kier molecular flexibility index (Phi) is 4.53. The van der Waals surface area contributed by atoms with Gasteiger partial charge in [-0.05, 0) is 44.0 Å². The number of aromatic nitrogens is 3. The Morgan fingerprint density at radius 2 is 2.00 bits per heavy atom. The predicted octanol–water partition coefficient (Wildman–Crippen LogP) is 4.22. The summed E-state index contributed by atoms with van der Waals surface area (Å²) in [5, 5.41) is 4.58. The molecule has 4 rings (SSSR count). The number of fused-ring (bicyclic) bond motifs is 1. The number of nitrogens with zero attached hydrogens (tertiary/aromatic N) is 3. The summed E-state index contributed by atoms with van der Waals surface area (Å²) in [5.74, 6) is 0.870. The summed E-state index contributed by atoms with van der Waals surface area (Å²) in [4.78, 5) is 8.89. The van der Waals surface area contributed by atoms with Gasteiger partial charge in [0.2, 0.25) is 0 Å². The minimum absolute atomic E-state index is 0. The van der Waals surface area contributed by atoms with Crippen LogP contribution in [0.3, 0.4) is 0 Å². The third kappa shape index (κ3) is 2.87. The van der Waals surface area contributed by atoms with Crippen LogP contribution in [0.4, 0.5) is 11.5 Å². The van der Waals surface area contributed by atoms with Crippen molar-refractivity contribution in [1.29, 1.82) is 0 Å². The molecule has 5 nitrogen and oxygen atoms in total. The fraction of sp³-hybridized carbons (Fsp3) is 0.368. The van der Waals surface area contributed by atoms with Gasteiger partial charge >= 0.3 is 0 Å². The molecule has 3 aromatic rings. The van der Waals surface area contributed by atoms with Gasteiger partial charge in [0, 0.05) is 37.1 Å². The summed E-state index contributed by atoms with van der Waals surface area (Å²) in [6.45, 7) is 5.88. The molecule has 1 saturated heterocycles. The maximum atomic E-state index is 5.55. The number of pyridine rings is 2. The summed E-state index contributed by atoms with van der Waals surface area (Å²) in [6.07, 6.45) is 7.28. The fourth-order valence-corrected chi connectivity index (χ4v) is 3.03. The van der Waals surface area contributed by atoms with Gasteiger partial charge in [-0.3, -0.25) is 4.98 Å². The smallest absolute Gasteiger partial charge is 0.139 e. The lowest BCUT2D eigenvalue weighted by atomic mass is 10.2. The van der Waals surface area contributed by atoms with Crippen molar-refractivity contribution in [3.63, 3.8) is 0 Å². The van der Waals surface area contributed by atoms with Crippen molar-refractivity contribution in [1.82, 2.24) is 14.5 Å². The van der Waals surface area contributed by atoms with E-state index in [1.54, 1.807) is 0 Å². The lowest BCUT2D eigenvalue weighted by molar-refractivity contribution is -0.0586. The van der Waals surface area contributed by atoms with Crippen LogP contribution in [-0.4, -0.2) is 27.2 Å². The molecule has 0 radical (unpaired) electrons. The van der Waals surface area contributed by atoms with Crippen molar-refractivity contribution in [2.45, 2.75) is 40.3 Å². The highest BCUT2D eigenvalue weighted by Gasteiger charge is 2.19. The average Bonchev–Trinajstić information content (AvgIpc) is 2.91. The number of anilines is 2. The Morgan fingerprint density at radius 3 is 2.71 bits per heavy atom. The van der Waals surface area contributed by atoms with Crippen molar-refractivity contribution in [2.24, 2.45) is 0 Å². The van der Waals surface area contributed by atoms with E-state index >= 15 is 0 Å². The van der Waals surface area contributed by atoms with Crippen LogP contribution in [0.15, 0.2) is 36.8 Å². The van der Waals surface area contributed by atoms with Crippen molar-refractivity contribution in [3.8, 4) is 0 Å². The van der Waals surface area contributed by atoms with E-state index in [2.05, 4.69) is 45.1 Å². The zero-order valence-electron chi connectivity index (χ0n) is 13.4. The largest absolute Gasteiger partial charge is 0.376 e. The maximum absolute atomic E-state index is 5.55. The SMILES string of the molecule is C.Cc1ccnc(C)c1Nc1nccc2c1ccn2C[C@H]1CCO1. The van der Waals surface area contributed by atoms with Gasteiger partial charge in [0.1, 0.15) is 5.82 Å². The first-order valence-corrected chi connectivity index (χ1v) is 7.97. The van der Waals surface area contributed by atoms with Gasteiger partial charge < -0.3 is 14.6 Å². The average molecular weight is 324 g/mol. The van der Waals surface area contributed by atoms with Crippen molar-refractivity contribution in [3.05, 3.63) is 48.0 Å². The molecule has 0 unspecified atom stereocenters. The number of rotatable bonds is 4. The molecular formula is C19H24N4O. The van der Waals surface area contributed by atoms with Crippen LogP contribution in [-0.2, 0) is 11.3 Å². The van der Waals surface area contributed by atoms with Gasteiger partial charge in [0.25, 0.3) is 0 Å². The fourth-order valence-electron chi connectivity index (χ4n) is 3.03. The Hall–Kier alpha value is -2.40. The van der Waals surface area contributed by atoms with Crippen molar-refractivity contribution < 1.29 is 4.74 Å². The van der Waals surface area contributed by atoms with Crippen molar-refractivity contribution in [2.75, 3.05) is 11.9 Å². The molecule has 5 heteroatoms. The monoisotopic (exact) mass is 324 g/mol. The van der Waals surface area contributed by atoms with Crippen LogP contribution in [0, 0.1) is 13.8 Å². The zero-order valence-corrected chi connectivity index (χ0v) is 13.4. The zero-order chi connectivity index (χ0) is 15.8. The van der Waals surface area contributed by atoms with Crippen LogP contribution >= 0.6 is 0 Å². The second-order valence-electron chi connectivity index (χ2n) is 6.06. The molecule has 4 heterocycles. The Morgan fingerprint density at radius 1 is 1.21 bits per heavy atom. The minimum Gasteiger partial charge on any atom is -0.376 e. The van der Waals surface area contributed by atoms with Crippen LogP contribution in [0.1, 0.15) is 25.1 Å². The number of aryl methyl sites for hydroxylation is 2. The summed E-state index contributed by atoms with van der Waals surface area (Å²) >= 11 is 0. The van der Waals surface area contributed by atoms with Crippen LogP contribution < -0.4 is 5.32 Å². The number of hydrogen-bond donors (Lipinski definition) is 1.